The van der Waals surface area contributed by atoms with Gasteiger partial charge in [-0.1, -0.05) is 25.3 Å². The molecule has 1 fully saturated rings. The summed E-state index contributed by atoms with van der Waals surface area (Å²) in [4.78, 5) is 0. The van der Waals surface area contributed by atoms with E-state index in [1.807, 2.05) is 23.0 Å². The van der Waals surface area contributed by atoms with Gasteiger partial charge in [0.05, 0.1) is 11.7 Å². The Balaban J connectivity index is 2.12. The lowest BCUT2D eigenvalue weighted by molar-refractivity contribution is 0.303. The maximum Gasteiger partial charge on any atom is 0.0699 e. The third-order valence-electron chi connectivity index (χ3n) is 4.20. The van der Waals surface area contributed by atoms with Crippen molar-refractivity contribution in [1.29, 1.82) is 0 Å². The van der Waals surface area contributed by atoms with Crippen molar-refractivity contribution in [2.45, 2.75) is 37.5 Å². The molecule has 1 aliphatic carbocycles. The predicted molar refractivity (Wildman–Crippen MR) is 69.0 cm³/mol. The Morgan fingerprint density at radius 3 is 2.82 bits per heavy atom. The molecule has 2 heterocycles. The van der Waals surface area contributed by atoms with Gasteiger partial charge in [-0.3, -0.25) is 0 Å². The van der Waals surface area contributed by atoms with Crippen LogP contribution >= 0.6 is 0 Å². The van der Waals surface area contributed by atoms with Crippen LogP contribution in [0.3, 0.4) is 0 Å². The number of hydrogen-bond donors (Lipinski definition) is 1. The maximum absolute atomic E-state index is 6.08. The molecular weight excluding hydrogens is 210 g/mol. The highest BCUT2D eigenvalue weighted by atomic mass is 15.2. The topological polar surface area (TPSA) is 43.3 Å². The van der Waals surface area contributed by atoms with E-state index in [1.54, 1.807) is 0 Å². The molecule has 0 atom stereocenters. The van der Waals surface area contributed by atoms with Gasteiger partial charge in [-0.05, 0) is 25.0 Å². The van der Waals surface area contributed by atoms with Crippen molar-refractivity contribution in [2.24, 2.45) is 5.73 Å². The molecule has 17 heavy (non-hydrogen) atoms. The Morgan fingerprint density at radius 1 is 1.24 bits per heavy atom. The van der Waals surface area contributed by atoms with Crippen molar-refractivity contribution in [3.8, 4) is 0 Å². The fourth-order valence-corrected chi connectivity index (χ4v) is 3.16. The highest BCUT2D eigenvalue weighted by molar-refractivity contribution is 5.57. The first-order valence-electron chi connectivity index (χ1n) is 6.49. The Labute approximate surface area is 102 Å². The number of fused-ring (bicyclic) bond motifs is 1. The second-order valence-corrected chi connectivity index (χ2v) is 5.13. The van der Waals surface area contributed by atoms with Crippen molar-refractivity contribution in [2.75, 3.05) is 6.54 Å². The minimum absolute atomic E-state index is 0.168. The van der Waals surface area contributed by atoms with Crippen LogP contribution in [0.15, 0.2) is 30.6 Å². The van der Waals surface area contributed by atoms with Crippen LogP contribution in [-0.4, -0.2) is 16.2 Å². The van der Waals surface area contributed by atoms with Crippen molar-refractivity contribution in [1.82, 2.24) is 9.61 Å². The molecule has 0 radical (unpaired) electrons. The van der Waals surface area contributed by atoms with E-state index in [-0.39, 0.29) is 5.41 Å². The molecule has 0 amide bonds. The molecule has 2 aromatic heterocycles. The summed E-state index contributed by atoms with van der Waals surface area (Å²) in [5, 5.41) is 4.45. The number of nitrogens with two attached hydrogens (primary N) is 1. The highest BCUT2D eigenvalue weighted by Crippen LogP contribution is 2.40. The molecule has 90 valence electrons. The summed E-state index contributed by atoms with van der Waals surface area (Å²) < 4.78 is 1.96. The molecule has 1 aliphatic rings. The fourth-order valence-electron chi connectivity index (χ4n) is 3.16. The standard InChI is InChI=1S/C14H19N3/c15-11-14(7-3-1-4-8-14)12-10-16-17-9-5-2-6-13(12)17/h2,5-6,9-10H,1,3-4,7-8,11,15H2. The third-order valence-corrected chi connectivity index (χ3v) is 4.20. The lowest BCUT2D eigenvalue weighted by atomic mass is 9.70. The van der Waals surface area contributed by atoms with Crippen molar-refractivity contribution >= 4 is 5.52 Å². The van der Waals surface area contributed by atoms with Gasteiger partial charge in [-0.25, -0.2) is 4.52 Å². The van der Waals surface area contributed by atoms with Gasteiger partial charge in [0.2, 0.25) is 0 Å². The number of aromatic nitrogens is 2. The summed E-state index contributed by atoms with van der Waals surface area (Å²) in [6.07, 6.45) is 10.4. The van der Waals surface area contributed by atoms with Crippen molar-refractivity contribution < 1.29 is 0 Å². The van der Waals surface area contributed by atoms with E-state index in [9.17, 15) is 0 Å². The smallest absolute Gasteiger partial charge is 0.0699 e. The van der Waals surface area contributed by atoms with Gasteiger partial charge in [0.1, 0.15) is 0 Å². The molecule has 0 aliphatic heterocycles. The first-order chi connectivity index (χ1) is 8.36. The molecule has 3 heteroatoms. The zero-order valence-corrected chi connectivity index (χ0v) is 10.1. The van der Waals surface area contributed by atoms with E-state index in [1.165, 1.54) is 43.2 Å². The molecular formula is C14H19N3. The highest BCUT2D eigenvalue weighted by Gasteiger charge is 2.34. The molecule has 2 N–H and O–H groups in total. The van der Waals surface area contributed by atoms with E-state index >= 15 is 0 Å². The van der Waals surface area contributed by atoms with Crippen LogP contribution in [0.25, 0.3) is 5.52 Å². The van der Waals surface area contributed by atoms with E-state index in [2.05, 4.69) is 17.2 Å². The van der Waals surface area contributed by atoms with Gasteiger partial charge < -0.3 is 5.73 Å². The first-order valence-corrected chi connectivity index (χ1v) is 6.49. The Bertz CT molecular complexity index is 509. The van der Waals surface area contributed by atoms with E-state index in [4.69, 9.17) is 5.73 Å². The minimum atomic E-state index is 0.168. The second kappa shape index (κ2) is 4.15. The number of hydrogen-bond acceptors (Lipinski definition) is 2. The fraction of sp³-hybridized carbons (Fsp3) is 0.500. The first kappa shape index (κ1) is 10.8. The molecule has 1 saturated carbocycles. The predicted octanol–water partition coefficient (Wildman–Crippen LogP) is 2.49. The zero-order valence-electron chi connectivity index (χ0n) is 10.1. The summed E-state index contributed by atoms with van der Waals surface area (Å²) in [5.74, 6) is 0. The maximum atomic E-state index is 6.08. The van der Waals surface area contributed by atoms with E-state index < -0.39 is 0 Å². The lowest BCUT2D eigenvalue weighted by Gasteiger charge is -2.35. The molecule has 0 saturated heterocycles. The molecule has 3 rings (SSSR count). The van der Waals surface area contributed by atoms with Crippen LogP contribution in [0, 0.1) is 0 Å². The number of rotatable bonds is 2. The summed E-state index contributed by atoms with van der Waals surface area (Å²) in [7, 11) is 0. The SMILES string of the molecule is NCC1(c2cnn3ccccc23)CCCCC1. The molecule has 0 bridgehead atoms. The van der Waals surface area contributed by atoms with Gasteiger partial charge in [0.25, 0.3) is 0 Å². The second-order valence-electron chi connectivity index (χ2n) is 5.13. The largest absolute Gasteiger partial charge is 0.330 e. The van der Waals surface area contributed by atoms with Crippen LogP contribution in [0.4, 0.5) is 0 Å². The van der Waals surface area contributed by atoms with Crippen LogP contribution < -0.4 is 5.73 Å². The lowest BCUT2D eigenvalue weighted by Crippen LogP contribution is -2.37. The minimum Gasteiger partial charge on any atom is -0.330 e. The zero-order chi connectivity index (χ0) is 11.7. The number of pyridine rings is 1. The molecule has 0 spiro atoms. The molecule has 2 aromatic rings. The van der Waals surface area contributed by atoms with Gasteiger partial charge in [0.15, 0.2) is 0 Å². The summed E-state index contributed by atoms with van der Waals surface area (Å²) in [6.45, 7) is 0.739. The average molecular weight is 229 g/mol. The van der Waals surface area contributed by atoms with Gasteiger partial charge in [-0.15, -0.1) is 0 Å². The van der Waals surface area contributed by atoms with Gasteiger partial charge in [0, 0.05) is 23.7 Å². The van der Waals surface area contributed by atoms with Gasteiger partial charge in [-0.2, -0.15) is 5.10 Å². The van der Waals surface area contributed by atoms with Crippen LogP contribution in [0.1, 0.15) is 37.7 Å². The molecule has 0 unspecified atom stereocenters. The summed E-state index contributed by atoms with van der Waals surface area (Å²) in [6, 6.07) is 6.24. The van der Waals surface area contributed by atoms with Gasteiger partial charge >= 0.3 is 0 Å². The molecule has 3 nitrogen and oxygen atoms in total. The Morgan fingerprint density at radius 2 is 2.06 bits per heavy atom. The van der Waals surface area contributed by atoms with E-state index in [0.717, 1.165) is 6.54 Å². The number of nitrogens with zero attached hydrogens (tertiary/aromatic N) is 2. The summed E-state index contributed by atoms with van der Waals surface area (Å²) in [5.41, 5.74) is 8.82. The monoisotopic (exact) mass is 229 g/mol. The van der Waals surface area contributed by atoms with E-state index in [0.29, 0.717) is 0 Å². The Kier molecular flexibility index (Phi) is 2.63. The normalized spacial score (nSPS) is 19.6. The van der Waals surface area contributed by atoms with Crippen LogP contribution in [-0.2, 0) is 5.41 Å². The quantitative estimate of drug-likeness (QED) is 0.859. The van der Waals surface area contributed by atoms with Crippen molar-refractivity contribution in [3.63, 3.8) is 0 Å². The van der Waals surface area contributed by atoms with Crippen LogP contribution in [0.2, 0.25) is 0 Å². The van der Waals surface area contributed by atoms with Crippen molar-refractivity contribution in [3.05, 3.63) is 36.2 Å². The third kappa shape index (κ3) is 1.65. The van der Waals surface area contributed by atoms with Crippen LogP contribution in [0.5, 0.6) is 0 Å². The summed E-state index contributed by atoms with van der Waals surface area (Å²) >= 11 is 0. The molecule has 0 aromatic carbocycles. The Hall–Kier alpha value is -1.35. The average Bonchev–Trinajstić information content (AvgIpc) is 2.84.